The first-order valence-electron chi connectivity index (χ1n) is 9.08. The van der Waals surface area contributed by atoms with E-state index in [-0.39, 0.29) is 17.8 Å². The summed E-state index contributed by atoms with van der Waals surface area (Å²) in [5.74, 6) is -0.553. The van der Waals surface area contributed by atoms with Crippen LogP contribution in [0.4, 0.5) is 17.1 Å². The van der Waals surface area contributed by atoms with Crippen molar-refractivity contribution >= 4 is 33.0 Å². The highest BCUT2D eigenvalue weighted by molar-refractivity contribution is 7.92. The minimum atomic E-state index is -3.77. The molecule has 0 saturated carbocycles. The van der Waals surface area contributed by atoms with E-state index in [1.54, 1.807) is 32.9 Å². The molecule has 1 N–H and O–H groups in total. The van der Waals surface area contributed by atoms with Crippen LogP contribution in [0.1, 0.15) is 30.0 Å². The normalized spacial score (nSPS) is 12.3. The monoisotopic (exact) mass is 419 g/mol. The van der Waals surface area contributed by atoms with E-state index < -0.39 is 26.9 Å². The van der Waals surface area contributed by atoms with Gasteiger partial charge < -0.3 is 5.32 Å². The van der Waals surface area contributed by atoms with Crippen LogP contribution in [0.15, 0.2) is 36.4 Å². The van der Waals surface area contributed by atoms with Crippen LogP contribution >= 0.6 is 0 Å². The first kappa shape index (κ1) is 22.4. The zero-order chi connectivity index (χ0) is 21.9. The number of nitrogens with one attached hydrogen (secondary N) is 1. The van der Waals surface area contributed by atoms with Crippen LogP contribution in [0.5, 0.6) is 0 Å². The standard InChI is InChI=1S/C20H25N3O5S/c1-6-18(20(24)21-17-12-16(23(25)26)10-9-14(17)3)22(29(5,27)28)19-11-13(2)7-8-15(19)4/h7-12,18H,6H2,1-5H3,(H,21,24)/t18-/m0/s1. The molecule has 8 nitrogen and oxygen atoms in total. The molecular weight excluding hydrogens is 394 g/mol. The SMILES string of the molecule is CC[C@@H](C(=O)Nc1cc([N+](=O)[O-])ccc1C)N(c1cc(C)ccc1C)S(C)(=O)=O. The zero-order valence-corrected chi connectivity index (χ0v) is 17.9. The summed E-state index contributed by atoms with van der Waals surface area (Å²) in [7, 11) is -3.77. The molecule has 1 atom stereocenters. The van der Waals surface area contributed by atoms with E-state index in [2.05, 4.69) is 5.32 Å². The van der Waals surface area contributed by atoms with Crippen LogP contribution in [0.2, 0.25) is 0 Å². The van der Waals surface area contributed by atoms with Crippen LogP contribution in [0.25, 0.3) is 0 Å². The van der Waals surface area contributed by atoms with Crippen molar-refractivity contribution in [2.45, 2.75) is 40.2 Å². The number of hydrogen-bond donors (Lipinski definition) is 1. The van der Waals surface area contributed by atoms with Gasteiger partial charge in [-0.25, -0.2) is 8.42 Å². The van der Waals surface area contributed by atoms with Crippen molar-refractivity contribution in [3.8, 4) is 0 Å². The molecule has 0 aromatic heterocycles. The fourth-order valence-corrected chi connectivity index (χ4v) is 4.33. The maximum absolute atomic E-state index is 13.0. The van der Waals surface area contributed by atoms with Gasteiger partial charge in [0.2, 0.25) is 15.9 Å². The predicted molar refractivity (Wildman–Crippen MR) is 114 cm³/mol. The molecule has 0 aliphatic heterocycles. The number of benzene rings is 2. The van der Waals surface area contributed by atoms with E-state index in [9.17, 15) is 23.3 Å². The number of amides is 1. The van der Waals surface area contributed by atoms with Crippen molar-refractivity contribution in [2.75, 3.05) is 15.9 Å². The molecule has 0 saturated heterocycles. The number of nitro benzene ring substituents is 1. The zero-order valence-electron chi connectivity index (χ0n) is 17.1. The third-order valence-corrected chi connectivity index (χ3v) is 5.79. The molecule has 0 fully saturated rings. The second kappa shape index (κ2) is 8.60. The van der Waals surface area contributed by atoms with Gasteiger partial charge >= 0.3 is 0 Å². The summed E-state index contributed by atoms with van der Waals surface area (Å²) in [4.78, 5) is 23.5. The Balaban J connectivity index is 2.48. The van der Waals surface area contributed by atoms with Gasteiger partial charge in [0.25, 0.3) is 5.69 Å². The second-order valence-electron chi connectivity index (χ2n) is 7.02. The molecule has 0 aliphatic carbocycles. The number of non-ortho nitro benzene ring substituents is 1. The quantitative estimate of drug-likeness (QED) is 0.543. The predicted octanol–water partition coefficient (Wildman–Crippen LogP) is 3.70. The van der Waals surface area contributed by atoms with Crippen LogP contribution in [-0.2, 0) is 14.8 Å². The van der Waals surface area contributed by atoms with Gasteiger partial charge in [0.15, 0.2) is 0 Å². The molecule has 0 bridgehead atoms. The van der Waals surface area contributed by atoms with Crippen molar-refractivity contribution in [2.24, 2.45) is 0 Å². The summed E-state index contributed by atoms with van der Waals surface area (Å²) in [5, 5.41) is 13.7. The lowest BCUT2D eigenvalue weighted by molar-refractivity contribution is -0.384. The van der Waals surface area contributed by atoms with Crippen molar-refractivity contribution in [1.29, 1.82) is 0 Å². The number of carbonyl (C=O) groups excluding carboxylic acids is 1. The summed E-state index contributed by atoms with van der Waals surface area (Å²) in [6, 6.07) is 8.54. The number of nitro groups is 1. The third-order valence-electron chi connectivity index (χ3n) is 4.62. The maximum Gasteiger partial charge on any atom is 0.271 e. The molecule has 0 unspecified atom stereocenters. The van der Waals surface area contributed by atoms with E-state index in [4.69, 9.17) is 0 Å². The Hall–Kier alpha value is -2.94. The van der Waals surface area contributed by atoms with Gasteiger partial charge in [-0.3, -0.25) is 19.2 Å². The van der Waals surface area contributed by atoms with Gasteiger partial charge in [0.1, 0.15) is 6.04 Å². The van der Waals surface area contributed by atoms with Crippen molar-refractivity contribution < 1.29 is 18.1 Å². The largest absolute Gasteiger partial charge is 0.324 e. The van der Waals surface area contributed by atoms with Gasteiger partial charge in [-0.2, -0.15) is 0 Å². The molecule has 0 aliphatic rings. The Morgan fingerprint density at radius 3 is 2.31 bits per heavy atom. The summed E-state index contributed by atoms with van der Waals surface area (Å²) in [5.41, 5.74) is 2.77. The lowest BCUT2D eigenvalue weighted by Gasteiger charge is -2.31. The van der Waals surface area contributed by atoms with Gasteiger partial charge in [-0.05, 0) is 49.9 Å². The smallest absolute Gasteiger partial charge is 0.271 e. The number of hydrogen-bond acceptors (Lipinski definition) is 5. The van der Waals surface area contributed by atoms with Gasteiger partial charge in [-0.15, -0.1) is 0 Å². The molecule has 2 aromatic carbocycles. The van der Waals surface area contributed by atoms with Crippen LogP contribution < -0.4 is 9.62 Å². The first-order chi connectivity index (χ1) is 13.5. The fraction of sp³-hybridized carbons (Fsp3) is 0.350. The van der Waals surface area contributed by atoms with E-state index in [0.717, 1.165) is 21.7 Å². The first-order valence-corrected chi connectivity index (χ1v) is 10.9. The maximum atomic E-state index is 13.0. The Morgan fingerprint density at radius 2 is 1.76 bits per heavy atom. The highest BCUT2D eigenvalue weighted by atomic mass is 32.2. The van der Waals surface area contributed by atoms with Crippen LogP contribution in [0.3, 0.4) is 0 Å². The molecule has 1 amide bonds. The Labute approximate surface area is 170 Å². The van der Waals surface area contributed by atoms with E-state index in [1.165, 1.54) is 18.2 Å². The van der Waals surface area contributed by atoms with E-state index in [0.29, 0.717) is 11.3 Å². The average molecular weight is 420 g/mol. The Kier molecular flexibility index (Phi) is 6.63. The number of sulfonamides is 1. The summed E-state index contributed by atoms with van der Waals surface area (Å²) in [6.45, 7) is 7.05. The molecule has 156 valence electrons. The van der Waals surface area contributed by atoms with Crippen molar-refractivity contribution in [3.05, 3.63) is 63.2 Å². The summed E-state index contributed by atoms with van der Waals surface area (Å²) in [6.07, 6.45) is 1.28. The minimum absolute atomic E-state index is 0.159. The fourth-order valence-electron chi connectivity index (χ4n) is 3.07. The van der Waals surface area contributed by atoms with Gasteiger partial charge in [-0.1, -0.05) is 25.1 Å². The van der Waals surface area contributed by atoms with E-state index >= 15 is 0 Å². The topological polar surface area (TPSA) is 110 Å². The molecular formula is C20H25N3O5S. The summed E-state index contributed by atoms with van der Waals surface area (Å²) < 4.78 is 26.4. The molecule has 0 spiro atoms. The average Bonchev–Trinajstić information content (AvgIpc) is 2.62. The molecule has 2 rings (SSSR count). The molecule has 0 heterocycles. The highest BCUT2D eigenvalue weighted by Crippen LogP contribution is 2.29. The highest BCUT2D eigenvalue weighted by Gasteiger charge is 2.32. The van der Waals surface area contributed by atoms with Crippen LogP contribution in [-0.4, -0.2) is 31.5 Å². The minimum Gasteiger partial charge on any atom is -0.324 e. The Bertz CT molecular complexity index is 1050. The lowest BCUT2D eigenvalue weighted by Crippen LogP contribution is -2.47. The summed E-state index contributed by atoms with van der Waals surface area (Å²) >= 11 is 0. The number of nitrogens with zero attached hydrogens (tertiary/aromatic N) is 2. The lowest BCUT2D eigenvalue weighted by atomic mass is 10.1. The second-order valence-corrected chi connectivity index (χ2v) is 8.88. The number of carbonyl (C=O) groups is 1. The van der Waals surface area contributed by atoms with Gasteiger partial charge in [0.05, 0.1) is 22.6 Å². The number of rotatable bonds is 7. The third kappa shape index (κ3) is 5.11. The molecule has 2 aromatic rings. The van der Waals surface area contributed by atoms with E-state index in [1.807, 2.05) is 13.0 Å². The molecule has 9 heteroatoms. The molecule has 29 heavy (non-hydrogen) atoms. The number of aryl methyl sites for hydroxylation is 3. The van der Waals surface area contributed by atoms with Crippen LogP contribution in [0, 0.1) is 30.9 Å². The molecule has 0 radical (unpaired) electrons. The number of anilines is 2. The Morgan fingerprint density at radius 1 is 1.14 bits per heavy atom. The van der Waals surface area contributed by atoms with Crippen molar-refractivity contribution in [3.63, 3.8) is 0 Å². The van der Waals surface area contributed by atoms with Gasteiger partial charge in [0, 0.05) is 12.1 Å². The van der Waals surface area contributed by atoms with Crippen molar-refractivity contribution in [1.82, 2.24) is 0 Å².